The number of nitrogens with zero attached hydrogens (tertiary/aromatic N) is 3. The predicted octanol–water partition coefficient (Wildman–Crippen LogP) is 1.56. The highest BCUT2D eigenvalue weighted by Gasteiger charge is 2.35. The maximum absolute atomic E-state index is 11.4. The number of rotatable bonds is 1. The van der Waals surface area contributed by atoms with Crippen molar-refractivity contribution in [2.75, 3.05) is 19.6 Å². The summed E-state index contributed by atoms with van der Waals surface area (Å²) in [5.41, 5.74) is 2.02. The zero-order chi connectivity index (χ0) is 16.6. The molecule has 3 N–H and O–H groups in total. The lowest BCUT2D eigenvalue weighted by Crippen LogP contribution is -2.52. The molecule has 0 radical (unpaired) electrons. The highest BCUT2D eigenvalue weighted by atomic mass is 16.4. The number of benzene rings is 1. The molecule has 1 unspecified atom stereocenters. The molecule has 1 aromatic carbocycles. The Hall–Kier alpha value is -3.21. The van der Waals surface area contributed by atoms with Crippen LogP contribution in [0.5, 0.6) is 0 Å². The van der Waals surface area contributed by atoms with Crippen molar-refractivity contribution in [1.82, 2.24) is 19.8 Å². The number of imidazole rings is 1. The molecule has 8 nitrogen and oxygen atoms in total. The molecule has 8 heteroatoms. The number of aromatic amines is 1. The lowest BCUT2D eigenvalue weighted by molar-refractivity contribution is 0.0612. The Morgan fingerprint density at radius 1 is 1.30 bits per heavy atom. The number of hydrogen-bond acceptors (Lipinski definition) is 3. The first-order chi connectivity index (χ1) is 11.0. The highest BCUT2D eigenvalue weighted by molar-refractivity contribution is 5.77. The van der Waals surface area contributed by atoms with Gasteiger partial charge in [-0.3, -0.25) is 4.90 Å². The first-order valence-electron chi connectivity index (χ1n) is 6.93. The molecule has 3 rings (SSSR count). The van der Waals surface area contributed by atoms with Gasteiger partial charge in [0.25, 0.3) is 0 Å². The van der Waals surface area contributed by atoms with E-state index in [1.165, 1.54) is 9.80 Å². The van der Waals surface area contributed by atoms with Crippen molar-refractivity contribution in [1.29, 1.82) is 0 Å². The van der Waals surface area contributed by atoms with Gasteiger partial charge in [0.05, 0.1) is 17.6 Å². The SMILES string of the molecule is C#Cc1ccc2nc(C3CN(C(=O)O)CCN3C(=O)O)[nH]c2c1. The molecule has 0 saturated carbocycles. The number of terminal acetylenes is 1. The number of aromatic nitrogens is 2. The van der Waals surface area contributed by atoms with Crippen molar-refractivity contribution in [2.45, 2.75) is 6.04 Å². The van der Waals surface area contributed by atoms with Crippen LogP contribution in [-0.4, -0.2) is 61.8 Å². The fourth-order valence-electron chi connectivity index (χ4n) is 2.70. The van der Waals surface area contributed by atoms with E-state index in [1.807, 2.05) is 0 Å². The van der Waals surface area contributed by atoms with Gasteiger partial charge < -0.3 is 20.1 Å². The van der Waals surface area contributed by atoms with Gasteiger partial charge in [-0.15, -0.1) is 6.42 Å². The van der Waals surface area contributed by atoms with Gasteiger partial charge in [0, 0.05) is 18.7 Å². The molecule has 1 saturated heterocycles. The van der Waals surface area contributed by atoms with Crippen molar-refractivity contribution in [3.05, 3.63) is 29.6 Å². The summed E-state index contributed by atoms with van der Waals surface area (Å²) in [5.74, 6) is 2.92. The van der Waals surface area contributed by atoms with E-state index in [2.05, 4.69) is 15.9 Å². The minimum Gasteiger partial charge on any atom is -0.465 e. The van der Waals surface area contributed by atoms with E-state index in [0.717, 1.165) is 0 Å². The van der Waals surface area contributed by atoms with Crippen LogP contribution in [0, 0.1) is 12.3 Å². The van der Waals surface area contributed by atoms with E-state index in [-0.39, 0.29) is 19.6 Å². The number of amides is 2. The summed E-state index contributed by atoms with van der Waals surface area (Å²) < 4.78 is 0. The second-order valence-corrected chi connectivity index (χ2v) is 5.22. The second kappa shape index (κ2) is 5.53. The summed E-state index contributed by atoms with van der Waals surface area (Å²) in [7, 11) is 0. The van der Waals surface area contributed by atoms with Crippen LogP contribution in [0.2, 0.25) is 0 Å². The number of hydrogen-bond donors (Lipinski definition) is 3. The van der Waals surface area contributed by atoms with Crippen molar-refractivity contribution >= 4 is 23.2 Å². The average molecular weight is 314 g/mol. The summed E-state index contributed by atoms with van der Waals surface area (Å²) in [6.45, 7) is 0.266. The van der Waals surface area contributed by atoms with Crippen LogP contribution in [0.15, 0.2) is 18.2 Å². The smallest absolute Gasteiger partial charge is 0.408 e. The van der Waals surface area contributed by atoms with Crippen LogP contribution in [0.4, 0.5) is 9.59 Å². The lowest BCUT2D eigenvalue weighted by atomic mass is 10.1. The third-order valence-corrected chi connectivity index (χ3v) is 3.88. The van der Waals surface area contributed by atoms with Crippen LogP contribution >= 0.6 is 0 Å². The van der Waals surface area contributed by atoms with Crippen LogP contribution < -0.4 is 0 Å². The number of nitrogens with one attached hydrogen (secondary N) is 1. The van der Waals surface area contributed by atoms with Crippen LogP contribution in [0.1, 0.15) is 17.4 Å². The molecule has 2 heterocycles. The topological polar surface area (TPSA) is 110 Å². The van der Waals surface area contributed by atoms with Crippen LogP contribution in [0.3, 0.4) is 0 Å². The minimum absolute atomic E-state index is 0.0312. The van der Waals surface area contributed by atoms with Crippen LogP contribution in [-0.2, 0) is 0 Å². The number of piperazine rings is 1. The maximum Gasteiger partial charge on any atom is 0.408 e. The quantitative estimate of drug-likeness (QED) is 0.692. The molecule has 2 aromatic rings. The first kappa shape index (κ1) is 14.7. The Labute approximate surface area is 131 Å². The number of fused-ring (bicyclic) bond motifs is 1. The Balaban J connectivity index is 2.00. The third kappa shape index (κ3) is 2.64. The Morgan fingerprint density at radius 3 is 2.74 bits per heavy atom. The molecule has 0 bridgehead atoms. The monoisotopic (exact) mass is 314 g/mol. The van der Waals surface area contributed by atoms with Crippen LogP contribution in [0.25, 0.3) is 11.0 Å². The van der Waals surface area contributed by atoms with E-state index in [1.54, 1.807) is 18.2 Å². The van der Waals surface area contributed by atoms with Crippen molar-refractivity contribution in [3.63, 3.8) is 0 Å². The largest absolute Gasteiger partial charge is 0.465 e. The predicted molar refractivity (Wildman–Crippen MR) is 81.1 cm³/mol. The zero-order valence-corrected chi connectivity index (χ0v) is 12.1. The normalized spacial score (nSPS) is 18.0. The molecule has 1 atom stereocenters. The fourth-order valence-corrected chi connectivity index (χ4v) is 2.70. The molecule has 1 aromatic heterocycles. The molecule has 2 amide bonds. The summed E-state index contributed by atoms with van der Waals surface area (Å²) >= 11 is 0. The van der Waals surface area contributed by atoms with Gasteiger partial charge >= 0.3 is 12.2 Å². The van der Waals surface area contributed by atoms with Gasteiger partial charge in [-0.2, -0.15) is 0 Å². The summed E-state index contributed by atoms with van der Waals surface area (Å²) in [6, 6.07) is 4.55. The van der Waals surface area contributed by atoms with Gasteiger partial charge in [-0.25, -0.2) is 14.6 Å². The Kier molecular flexibility index (Phi) is 3.54. The summed E-state index contributed by atoms with van der Waals surface area (Å²) in [4.78, 5) is 32.4. The molecule has 118 valence electrons. The van der Waals surface area contributed by atoms with E-state index >= 15 is 0 Å². The second-order valence-electron chi connectivity index (χ2n) is 5.22. The zero-order valence-electron chi connectivity index (χ0n) is 12.1. The molecule has 0 aliphatic carbocycles. The number of carboxylic acid groups (broad SMARTS) is 2. The van der Waals surface area contributed by atoms with E-state index < -0.39 is 18.2 Å². The van der Waals surface area contributed by atoms with Crippen molar-refractivity contribution in [3.8, 4) is 12.3 Å². The summed E-state index contributed by atoms with van der Waals surface area (Å²) in [6.07, 6.45) is 3.18. The Morgan fingerprint density at radius 2 is 2.09 bits per heavy atom. The lowest BCUT2D eigenvalue weighted by Gasteiger charge is -2.37. The fraction of sp³-hybridized carbons (Fsp3) is 0.267. The van der Waals surface area contributed by atoms with E-state index in [9.17, 15) is 14.7 Å². The molecular weight excluding hydrogens is 300 g/mol. The van der Waals surface area contributed by atoms with Gasteiger partial charge in [0.1, 0.15) is 11.9 Å². The molecule has 1 aliphatic heterocycles. The minimum atomic E-state index is -1.11. The summed E-state index contributed by atoms with van der Waals surface area (Å²) in [5, 5.41) is 18.5. The molecule has 23 heavy (non-hydrogen) atoms. The van der Waals surface area contributed by atoms with Gasteiger partial charge in [-0.1, -0.05) is 5.92 Å². The number of carbonyl (C=O) groups is 2. The van der Waals surface area contributed by atoms with Gasteiger partial charge in [0.2, 0.25) is 0 Å². The highest BCUT2D eigenvalue weighted by Crippen LogP contribution is 2.26. The maximum atomic E-state index is 11.4. The van der Waals surface area contributed by atoms with Gasteiger partial charge in [0.15, 0.2) is 0 Å². The molecular formula is C15H14N4O4. The van der Waals surface area contributed by atoms with Crippen molar-refractivity contribution < 1.29 is 19.8 Å². The van der Waals surface area contributed by atoms with Crippen molar-refractivity contribution in [2.24, 2.45) is 0 Å². The number of H-pyrrole nitrogens is 1. The third-order valence-electron chi connectivity index (χ3n) is 3.88. The standard InChI is InChI=1S/C15H14N4O4/c1-2-9-3-4-10-11(7-9)17-13(16-10)12-8-18(14(20)21)5-6-19(12)15(22)23/h1,3-4,7,12H,5-6,8H2,(H,16,17)(H,20,21)(H,22,23). The Bertz CT molecular complexity index is 822. The van der Waals surface area contributed by atoms with E-state index in [0.29, 0.717) is 22.4 Å². The molecule has 0 spiro atoms. The molecule has 1 fully saturated rings. The first-order valence-corrected chi connectivity index (χ1v) is 6.93. The molecule has 1 aliphatic rings. The average Bonchev–Trinajstić information content (AvgIpc) is 2.96. The van der Waals surface area contributed by atoms with E-state index in [4.69, 9.17) is 11.5 Å². The van der Waals surface area contributed by atoms with Gasteiger partial charge in [-0.05, 0) is 18.2 Å².